The Morgan fingerprint density at radius 3 is 2.17 bits per heavy atom. The second-order valence-electron chi connectivity index (χ2n) is 4.92. The first-order chi connectivity index (χ1) is 8.36. The highest BCUT2D eigenvalue weighted by atomic mass is 16.4. The van der Waals surface area contributed by atoms with Crippen LogP contribution in [0.3, 0.4) is 0 Å². The fourth-order valence-electron chi connectivity index (χ4n) is 1.51. The number of urea groups is 1. The zero-order valence-corrected chi connectivity index (χ0v) is 11.3. The van der Waals surface area contributed by atoms with E-state index in [2.05, 4.69) is 24.5 Å². The summed E-state index contributed by atoms with van der Waals surface area (Å²) in [6, 6.07) is -1.83. The van der Waals surface area contributed by atoms with Crippen LogP contribution in [0.25, 0.3) is 0 Å². The van der Waals surface area contributed by atoms with E-state index >= 15 is 0 Å². The molecule has 6 nitrogen and oxygen atoms in total. The summed E-state index contributed by atoms with van der Waals surface area (Å²) in [5.41, 5.74) is 0. The second kappa shape index (κ2) is 8.74. The van der Waals surface area contributed by atoms with Gasteiger partial charge in [0.2, 0.25) is 0 Å². The fraction of sp³-hybridized carbons (Fsp3) is 0.833. The Balaban J connectivity index is 3.89. The highest BCUT2D eigenvalue weighted by molar-refractivity contribution is 5.82. The van der Waals surface area contributed by atoms with Crippen molar-refractivity contribution in [3.05, 3.63) is 0 Å². The molecule has 0 heterocycles. The molecule has 0 rings (SSSR count). The van der Waals surface area contributed by atoms with Gasteiger partial charge in [0.15, 0.2) is 6.04 Å². The van der Waals surface area contributed by atoms with Crippen molar-refractivity contribution >= 4 is 12.0 Å². The molecule has 0 radical (unpaired) electrons. The molecule has 0 fully saturated rings. The third kappa shape index (κ3) is 7.89. The largest absolute Gasteiger partial charge is 0.480 e. The maximum atomic E-state index is 11.4. The van der Waals surface area contributed by atoms with Gasteiger partial charge < -0.3 is 20.8 Å². The topological polar surface area (TPSA) is 98.7 Å². The monoisotopic (exact) mass is 260 g/mol. The Morgan fingerprint density at radius 1 is 1.11 bits per heavy atom. The summed E-state index contributed by atoms with van der Waals surface area (Å²) < 4.78 is 0. The summed E-state index contributed by atoms with van der Waals surface area (Å²) in [6.45, 7) is 5.53. The summed E-state index contributed by atoms with van der Waals surface area (Å²) >= 11 is 0. The van der Waals surface area contributed by atoms with Crippen LogP contribution in [0.1, 0.15) is 40.0 Å². The van der Waals surface area contributed by atoms with Gasteiger partial charge in [-0.05, 0) is 19.3 Å². The molecule has 2 unspecified atom stereocenters. The van der Waals surface area contributed by atoms with Gasteiger partial charge in [-0.2, -0.15) is 0 Å². The Labute approximate surface area is 108 Å². The zero-order chi connectivity index (χ0) is 14.1. The van der Waals surface area contributed by atoms with Crippen LogP contribution in [0.4, 0.5) is 4.79 Å². The van der Waals surface area contributed by atoms with Gasteiger partial charge >= 0.3 is 12.0 Å². The molecule has 2 atom stereocenters. The molecule has 0 saturated carbocycles. The smallest absolute Gasteiger partial charge is 0.328 e. The number of hydrogen-bond donors (Lipinski definition) is 4. The zero-order valence-electron chi connectivity index (χ0n) is 11.3. The van der Waals surface area contributed by atoms with Crippen molar-refractivity contribution in [3.8, 4) is 0 Å². The highest BCUT2D eigenvalue weighted by Gasteiger charge is 2.19. The SMILES string of the molecule is CC(C)CCCC(C)NC(=O)NC(CO)C(=O)O. The van der Waals surface area contributed by atoms with Gasteiger partial charge in [-0.3, -0.25) is 0 Å². The molecule has 0 saturated heterocycles. The number of hydrogen-bond acceptors (Lipinski definition) is 3. The molecule has 0 aliphatic heterocycles. The van der Waals surface area contributed by atoms with Crippen LogP contribution in [0, 0.1) is 5.92 Å². The molecule has 106 valence electrons. The van der Waals surface area contributed by atoms with Crippen LogP contribution >= 0.6 is 0 Å². The molecule has 0 aliphatic rings. The van der Waals surface area contributed by atoms with E-state index in [9.17, 15) is 9.59 Å². The second-order valence-corrected chi connectivity index (χ2v) is 4.92. The fourth-order valence-corrected chi connectivity index (χ4v) is 1.51. The number of nitrogens with one attached hydrogen (secondary N) is 2. The van der Waals surface area contributed by atoms with Gasteiger partial charge in [0.25, 0.3) is 0 Å². The summed E-state index contributed by atoms with van der Waals surface area (Å²) in [4.78, 5) is 22.0. The maximum Gasteiger partial charge on any atom is 0.328 e. The van der Waals surface area contributed by atoms with E-state index in [1.54, 1.807) is 0 Å². The lowest BCUT2D eigenvalue weighted by Crippen LogP contribution is -2.49. The third-order valence-electron chi connectivity index (χ3n) is 2.58. The number of aliphatic carboxylic acids is 1. The van der Waals surface area contributed by atoms with Crippen molar-refractivity contribution in [1.29, 1.82) is 0 Å². The highest BCUT2D eigenvalue weighted by Crippen LogP contribution is 2.08. The molecule has 0 spiro atoms. The number of aliphatic hydroxyl groups is 1. The van der Waals surface area contributed by atoms with E-state index in [-0.39, 0.29) is 6.04 Å². The first-order valence-corrected chi connectivity index (χ1v) is 6.27. The molecule has 0 bridgehead atoms. The lowest BCUT2D eigenvalue weighted by Gasteiger charge is -2.17. The summed E-state index contributed by atoms with van der Waals surface area (Å²) in [7, 11) is 0. The lowest BCUT2D eigenvalue weighted by molar-refractivity contribution is -0.140. The van der Waals surface area contributed by atoms with E-state index in [4.69, 9.17) is 10.2 Å². The number of aliphatic hydroxyl groups excluding tert-OH is 1. The predicted molar refractivity (Wildman–Crippen MR) is 68.3 cm³/mol. The van der Waals surface area contributed by atoms with E-state index in [1.807, 2.05) is 6.92 Å². The number of rotatable bonds is 8. The van der Waals surface area contributed by atoms with Gasteiger partial charge in [-0.1, -0.05) is 26.7 Å². The van der Waals surface area contributed by atoms with E-state index in [0.29, 0.717) is 5.92 Å². The first kappa shape index (κ1) is 16.7. The van der Waals surface area contributed by atoms with Crippen molar-refractivity contribution in [2.45, 2.75) is 52.1 Å². The van der Waals surface area contributed by atoms with Crippen molar-refractivity contribution in [2.24, 2.45) is 5.92 Å². The van der Waals surface area contributed by atoms with Crippen LogP contribution in [0.15, 0.2) is 0 Å². The van der Waals surface area contributed by atoms with E-state index in [0.717, 1.165) is 19.3 Å². The van der Waals surface area contributed by atoms with Crippen molar-refractivity contribution in [2.75, 3.05) is 6.61 Å². The first-order valence-electron chi connectivity index (χ1n) is 6.27. The van der Waals surface area contributed by atoms with Crippen LogP contribution in [0.2, 0.25) is 0 Å². The molecule has 0 aromatic carbocycles. The standard InChI is InChI=1S/C12H24N2O4/c1-8(2)5-4-6-9(3)13-12(18)14-10(7-15)11(16)17/h8-10,15H,4-7H2,1-3H3,(H,16,17)(H2,13,14,18). The van der Waals surface area contributed by atoms with Gasteiger partial charge in [0.05, 0.1) is 6.61 Å². The molecule has 4 N–H and O–H groups in total. The number of carboxylic acids is 1. The Kier molecular flexibility index (Phi) is 8.11. The number of carbonyl (C=O) groups is 2. The molecule has 2 amide bonds. The number of carboxylic acid groups (broad SMARTS) is 1. The minimum atomic E-state index is -1.26. The van der Waals surface area contributed by atoms with Crippen LogP contribution in [-0.4, -0.2) is 40.9 Å². The summed E-state index contributed by atoms with van der Waals surface area (Å²) in [5.74, 6) is -0.614. The van der Waals surface area contributed by atoms with E-state index in [1.165, 1.54) is 0 Å². The normalized spacial score (nSPS) is 14.1. The quantitative estimate of drug-likeness (QED) is 0.522. The van der Waals surface area contributed by atoms with Crippen LogP contribution < -0.4 is 10.6 Å². The van der Waals surface area contributed by atoms with Gasteiger partial charge in [0.1, 0.15) is 0 Å². The average Bonchev–Trinajstić information content (AvgIpc) is 2.24. The molecular weight excluding hydrogens is 236 g/mol. The molecule has 18 heavy (non-hydrogen) atoms. The maximum absolute atomic E-state index is 11.4. The molecule has 0 aromatic heterocycles. The Bertz CT molecular complexity index is 269. The summed E-state index contributed by atoms with van der Waals surface area (Å²) in [5, 5.41) is 22.3. The minimum absolute atomic E-state index is 0.0168. The van der Waals surface area contributed by atoms with E-state index < -0.39 is 24.6 Å². The molecule has 6 heteroatoms. The van der Waals surface area contributed by atoms with Crippen LogP contribution in [0.5, 0.6) is 0 Å². The van der Waals surface area contributed by atoms with Crippen LogP contribution in [-0.2, 0) is 4.79 Å². The van der Waals surface area contributed by atoms with Crippen molar-refractivity contribution < 1.29 is 19.8 Å². The Morgan fingerprint density at radius 2 is 1.72 bits per heavy atom. The number of carbonyl (C=O) groups excluding carboxylic acids is 1. The molecule has 0 aliphatic carbocycles. The van der Waals surface area contributed by atoms with Gasteiger partial charge in [-0.25, -0.2) is 9.59 Å². The van der Waals surface area contributed by atoms with Crippen molar-refractivity contribution in [1.82, 2.24) is 10.6 Å². The van der Waals surface area contributed by atoms with Gasteiger partial charge in [-0.15, -0.1) is 0 Å². The van der Waals surface area contributed by atoms with Crippen molar-refractivity contribution in [3.63, 3.8) is 0 Å². The Hall–Kier alpha value is -1.30. The number of amides is 2. The average molecular weight is 260 g/mol. The predicted octanol–water partition coefficient (Wildman–Crippen LogP) is 0.946. The lowest BCUT2D eigenvalue weighted by atomic mass is 10.0. The molecule has 0 aromatic rings. The van der Waals surface area contributed by atoms with Gasteiger partial charge in [0, 0.05) is 6.04 Å². The molecular formula is C12H24N2O4. The minimum Gasteiger partial charge on any atom is -0.480 e. The summed E-state index contributed by atoms with van der Waals surface area (Å²) in [6.07, 6.45) is 2.96. The third-order valence-corrected chi connectivity index (χ3v) is 2.58.